The number of benzene rings is 1. The van der Waals surface area contributed by atoms with E-state index in [0.29, 0.717) is 5.39 Å². The molecule has 2 aromatic rings. The molecule has 7 heteroatoms. The Hall–Kier alpha value is -1.07. The Kier molecular flexibility index (Phi) is 2.91. The fourth-order valence-corrected chi connectivity index (χ4v) is 1.96. The summed E-state index contributed by atoms with van der Waals surface area (Å²) in [6.07, 6.45) is -4.65. The van der Waals surface area contributed by atoms with Crippen molar-refractivity contribution < 1.29 is 13.2 Å². The maximum Gasteiger partial charge on any atom is 0.451 e. The van der Waals surface area contributed by atoms with Gasteiger partial charge in [0.25, 0.3) is 0 Å². The summed E-state index contributed by atoms with van der Waals surface area (Å²) >= 11 is 11.5. The Labute approximate surface area is 104 Å². The molecule has 90 valence electrons. The minimum atomic E-state index is -4.65. The van der Waals surface area contributed by atoms with Gasteiger partial charge >= 0.3 is 6.18 Å². The van der Waals surface area contributed by atoms with Crippen LogP contribution >= 0.6 is 23.2 Å². The van der Waals surface area contributed by atoms with E-state index in [2.05, 4.69) is 9.97 Å². The number of aryl methyl sites for hydroxylation is 1. The molecule has 0 aliphatic rings. The van der Waals surface area contributed by atoms with Crippen molar-refractivity contribution in [2.45, 2.75) is 13.1 Å². The summed E-state index contributed by atoms with van der Waals surface area (Å²) in [6, 6.07) is 3.11. The molecule has 0 saturated heterocycles. The lowest BCUT2D eigenvalue weighted by Gasteiger charge is -2.08. The summed E-state index contributed by atoms with van der Waals surface area (Å²) in [6.45, 7) is 1.75. The van der Waals surface area contributed by atoms with E-state index in [0.717, 1.165) is 5.56 Å². The van der Waals surface area contributed by atoms with Crippen molar-refractivity contribution in [1.82, 2.24) is 9.97 Å². The highest BCUT2D eigenvalue weighted by atomic mass is 35.5. The third kappa shape index (κ3) is 2.30. The van der Waals surface area contributed by atoms with Crippen LogP contribution < -0.4 is 0 Å². The number of nitrogens with zero attached hydrogens (tertiary/aromatic N) is 2. The van der Waals surface area contributed by atoms with Crippen LogP contribution in [0.3, 0.4) is 0 Å². The maximum atomic E-state index is 12.5. The van der Waals surface area contributed by atoms with Gasteiger partial charge < -0.3 is 0 Å². The Balaban J connectivity index is 2.83. The molecule has 17 heavy (non-hydrogen) atoms. The summed E-state index contributed by atoms with van der Waals surface area (Å²) in [5.41, 5.74) is 0.775. The molecule has 0 aliphatic heterocycles. The Morgan fingerprint density at radius 3 is 2.35 bits per heavy atom. The minimum absolute atomic E-state index is 0.00425. The molecule has 0 fully saturated rings. The van der Waals surface area contributed by atoms with Gasteiger partial charge in [-0.1, -0.05) is 23.2 Å². The first-order valence-corrected chi connectivity index (χ1v) is 5.25. The predicted octanol–water partition coefficient (Wildman–Crippen LogP) is 4.26. The van der Waals surface area contributed by atoms with E-state index in [4.69, 9.17) is 23.2 Å². The van der Waals surface area contributed by atoms with Crippen molar-refractivity contribution in [1.29, 1.82) is 0 Å². The van der Waals surface area contributed by atoms with Crippen LogP contribution in [0.25, 0.3) is 10.9 Å². The van der Waals surface area contributed by atoms with E-state index in [1.165, 1.54) is 6.07 Å². The van der Waals surface area contributed by atoms with Crippen molar-refractivity contribution >= 4 is 34.1 Å². The Morgan fingerprint density at radius 2 is 1.76 bits per heavy atom. The molecule has 0 unspecified atom stereocenters. The number of fused-ring (bicyclic) bond motifs is 1. The Morgan fingerprint density at radius 1 is 1.12 bits per heavy atom. The smallest absolute Gasteiger partial charge is 0.223 e. The summed E-state index contributed by atoms with van der Waals surface area (Å²) in [5, 5.41) is 0.174. The lowest BCUT2D eigenvalue weighted by atomic mass is 10.2. The highest BCUT2D eigenvalue weighted by Gasteiger charge is 2.35. The first kappa shape index (κ1) is 12.4. The summed E-state index contributed by atoms with van der Waals surface area (Å²) in [7, 11) is 0. The third-order valence-corrected chi connectivity index (χ3v) is 2.68. The molecule has 1 aromatic heterocycles. The van der Waals surface area contributed by atoms with E-state index in [9.17, 15) is 13.2 Å². The minimum Gasteiger partial charge on any atom is -0.223 e. The highest BCUT2D eigenvalue weighted by molar-refractivity contribution is 6.38. The van der Waals surface area contributed by atoms with Crippen LogP contribution in [0.2, 0.25) is 10.2 Å². The van der Waals surface area contributed by atoms with Gasteiger partial charge in [-0.15, -0.1) is 0 Å². The fourth-order valence-electron chi connectivity index (χ4n) is 1.42. The molecular formula is C10H5Cl2F3N2. The molecule has 0 spiro atoms. The SMILES string of the molecule is Cc1cc(Cl)c2nc(C(F)(F)F)nc(Cl)c2c1. The number of aromatic nitrogens is 2. The van der Waals surface area contributed by atoms with Gasteiger partial charge in [0.1, 0.15) is 5.15 Å². The van der Waals surface area contributed by atoms with Gasteiger partial charge in [-0.25, -0.2) is 9.97 Å². The van der Waals surface area contributed by atoms with E-state index in [1.54, 1.807) is 13.0 Å². The van der Waals surface area contributed by atoms with E-state index in [1.807, 2.05) is 0 Å². The summed E-state index contributed by atoms with van der Waals surface area (Å²) in [5.74, 6) is -1.29. The van der Waals surface area contributed by atoms with Crippen LogP contribution in [-0.2, 0) is 6.18 Å². The van der Waals surface area contributed by atoms with E-state index >= 15 is 0 Å². The molecule has 2 nitrogen and oxygen atoms in total. The van der Waals surface area contributed by atoms with Gasteiger partial charge in [-0.05, 0) is 24.6 Å². The van der Waals surface area contributed by atoms with Gasteiger partial charge in [-0.3, -0.25) is 0 Å². The zero-order chi connectivity index (χ0) is 12.8. The quantitative estimate of drug-likeness (QED) is 0.674. The first-order valence-electron chi connectivity index (χ1n) is 4.49. The topological polar surface area (TPSA) is 25.8 Å². The van der Waals surface area contributed by atoms with Crippen LogP contribution in [0, 0.1) is 6.92 Å². The Bertz CT molecular complexity index is 596. The van der Waals surface area contributed by atoms with E-state index in [-0.39, 0.29) is 15.7 Å². The van der Waals surface area contributed by atoms with Crippen molar-refractivity contribution in [3.63, 3.8) is 0 Å². The molecule has 1 heterocycles. The molecular weight excluding hydrogens is 276 g/mol. The first-order chi connectivity index (χ1) is 7.79. The van der Waals surface area contributed by atoms with Gasteiger partial charge in [0.2, 0.25) is 5.82 Å². The number of hydrogen-bond donors (Lipinski definition) is 0. The maximum absolute atomic E-state index is 12.5. The second kappa shape index (κ2) is 3.99. The molecule has 1 aromatic carbocycles. The number of hydrogen-bond acceptors (Lipinski definition) is 2. The molecule has 0 amide bonds. The van der Waals surface area contributed by atoms with Crippen LogP contribution in [0.1, 0.15) is 11.4 Å². The molecule has 0 aliphatic carbocycles. The standard InChI is InChI=1S/C10H5Cl2F3N2/c1-4-2-5-7(6(11)3-4)16-9(10(13,14)15)17-8(5)12/h2-3H,1H3. The van der Waals surface area contributed by atoms with Gasteiger partial charge in [0.05, 0.1) is 10.5 Å². The lowest BCUT2D eigenvalue weighted by Crippen LogP contribution is -2.11. The average molecular weight is 281 g/mol. The summed E-state index contributed by atoms with van der Waals surface area (Å²) in [4.78, 5) is 6.62. The van der Waals surface area contributed by atoms with Crippen LogP contribution in [0.4, 0.5) is 13.2 Å². The van der Waals surface area contributed by atoms with Crippen molar-refractivity contribution in [3.05, 3.63) is 33.7 Å². The van der Waals surface area contributed by atoms with Gasteiger partial charge in [0, 0.05) is 5.39 Å². The molecule has 0 N–H and O–H groups in total. The molecule has 2 rings (SSSR count). The number of halogens is 5. The van der Waals surface area contributed by atoms with Crippen LogP contribution in [0.15, 0.2) is 12.1 Å². The normalized spacial score (nSPS) is 12.1. The molecule has 0 saturated carbocycles. The second-order valence-corrected chi connectivity index (χ2v) is 4.24. The van der Waals surface area contributed by atoms with E-state index < -0.39 is 12.0 Å². The largest absolute Gasteiger partial charge is 0.451 e. The molecule has 0 radical (unpaired) electrons. The fraction of sp³-hybridized carbons (Fsp3) is 0.200. The van der Waals surface area contributed by atoms with Crippen LogP contribution in [-0.4, -0.2) is 9.97 Å². The van der Waals surface area contributed by atoms with Gasteiger partial charge in [-0.2, -0.15) is 13.2 Å². The third-order valence-electron chi connectivity index (χ3n) is 2.11. The van der Waals surface area contributed by atoms with Crippen molar-refractivity contribution in [2.24, 2.45) is 0 Å². The second-order valence-electron chi connectivity index (χ2n) is 3.48. The van der Waals surface area contributed by atoms with Crippen molar-refractivity contribution in [3.8, 4) is 0 Å². The molecule has 0 bridgehead atoms. The van der Waals surface area contributed by atoms with Crippen LogP contribution in [0.5, 0.6) is 0 Å². The monoisotopic (exact) mass is 280 g/mol. The number of alkyl halides is 3. The zero-order valence-electron chi connectivity index (χ0n) is 8.44. The number of rotatable bonds is 0. The highest BCUT2D eigenvalue weighted by Crippen LogP contribution is 2.33. The predicted molar refractivity (Wildman–Crippen MR) is 59.3 cm³/mol. The lowest BCUT2D eigenvalue weighted by molar-refractivity contribution is -0.144. The molecule has 0 atom stereocenters. The summed E-state index contributed by atoms with van der Waals surface area (Å²) < 4.78 is 37.4. The zero-order valence-corrected chi connectivity index (χ0v) is 9.95. The average Bonchev–Trinajstić information content (AvgIpc) is 2.17. The van der Waals surface area contributed by atoms with Crippen molar-refractivity contribution in [2.75, 3.05) is 0 Å². The van der Waals surface area contributed by atoms with Gasteiger partial charge in [0.15, 0.2) is 0 Å².